The maximum absolute atomic E-state index is 12.2. The summed E-state index contributed by atoms with van der Waals surface area (Å²) >= 11 is 0. The van der Waals surface area contributed by atoms with Crippen molar-refractivity contribution in [2.24, 2.45) is 16.8 Å². The number of nitrogens with two attached hydrogens (primary N) is 1. The van der Waals surface area contributed by atoms with Crippen molar-refractivity contribution in [2.45, 2.75) is 76.3 Å². The molecule has 2 saturated carbocycles. The maximum Gasteiger partial charge on any atom is 0.315 e. The number of nitrogens with one attached hydrogen (secondary N) is 2. The third-order valence-electron chi connectivity index (χ3n) is 5.18. The highest BCUT2D eigenvalue weighted by Gasteiger charge is 2.40. The molecule has 2 fully saturated rings. The van der Waals surface area contributed by atoms with E-state index < -0.39 is 5.54 Å². The van der Waals surface area contributed by atoms with Crippen LogP contribution in [0.5, 0.6) is 0 Å². The molecule has 0 aromatic carbocycles. The summed E-state index contributed by atoms with van der Waals surface area (Å²) in [5.74, 6) is 0.794. The smallest absolute Gasteiger partial charge is 0.315 e. The second-order valence-electron chi connectivity index (χ2n) is 6.50. The van der Waals surface area contributed by atoms with Gasteiger partial charge < -0.3 is 21.6 Å². The minimum absolute atomic E-state index is 0.124. The molecule has 0 aromatic heterocycles. The Balaban J connectivity index is 1.98. The second-order valence-corrected chi connectivity index (χ2v) is 6.50. The monoisotopic (exact) mass is 296 g/mol. The average Bonchev–Trinajstić information content (AvgIpc) is 2.99. The Morgan fingerprint density at radius 3 is 2.43 bits per heavy atom. The molecule has 0 atom stereocenters. The molecule has 2 aliphatic rings. The predicted molar refractivity (Wildman–Crippen MR) is 82.3 cm³/mol. The average molecular weight is 296 g/mol. The molecule has 120 valence electrons. The van der Waals surface area contributed by atoms with Crippen molar-refractivity contribution < 1.29 is 10.0 Å². The molecule has 21 heavy (non-hydrogen) atoms. The standard InChI is InChI=1S/C15H28N4O2/c1-2-11-7-9-15(10-8-11,13(16)19-21)18-14(20)17-12-5-3-4-6-12/h11-12,21H,2-10H2,1H3,(H2,16,19)(H2,17,18,20). The van der Waals surface area contributed by atoms with Crippen molar-refractivity contribution in [3.8, 4) is 0 Å². The molecular weight excluding hydrogens is 268 g/mol. The quantitative estimate of drug-likeness (QED) is 0.277. The summed E-state index contributed by atoms with van der Waals surface area (Å²) < 4.78 is 0. The molecule has 0 saturated heterocycles. The number of amidine groups is 1. The Morgan fingerprint density at radius 2 is 1.90 bits per heavy atom. The van der Waals surface area contributed by atoms with E-state index in [1.165, 1.54) is 12.8 Å². The summed E-state index contributed by atoms with van der Waals surface area (Å²) in [6.07, 6.45) is 9.04. The molecule has 0 bridgehead atoms. The van der Waals surface area contributed by atoms with Crippen LogP contribution in [0.3, 0.4) is 0 Å². The van der Waals surface area contributed by atoms with Crippen LogP contribution in [0.4, 0.5) is 4.79 Å². The summed E-state index contributed by atoms with van der Waals surface area (Å²) in [5, 5.41) is 18.2. The van der Waals surface area contributed by atoms with Gasteiger partial charge in [-0.25, -0.2) is 4.79 Å². The van der Waals surface area contributed by atoms with Crippen LogP contribution in [-0.2, 0) is 0 Å². The van der Waals surface area contributed by atoms with Crippen LogP contribution in [0.25, 0.3) is 0 Å². The first-order valence-corrected chi connectivity index (χ1v) is 8.16. The van der Waals surface area contributed by atoms with Crippen molar-refractivity contribution in [1.82, 2.24) is 10.6 Å². The van der Waals surface area contributed by atoms with Crippen molar-refractivity contribution in [3.63, 3.8) is 0 Å². The topological polar surface area (TPSA) is 99.7 Å². The Labute approximate surface area is 126 Å². The molecule has 0 spiro atoms. The van der Waals surface area contributed by atoms with Crippen molar-refractivity contribution in [1.29, 1.82) is 0 Å². The summed E-state index contributed by atoms with van der Waals surface area (Å²) in [6, 6.07) is 0.0739. The van der Waals surface area contributed by atoms with Gasteiger partial charge in [0.25, 0.3) is 0 Å². The first-order valence-electron chi connectivity index (χ1n) is 8.16. The van der Waals surface area contributed by atoms with Crippen molar-refractivity contribution >= 4 is 11.9 Å². The zero-order valence-electron chi connectivity index (χ0n) is 12.9. The molecule has 0 radical (unpaired) electrons. The lowest BCUT2D eigenvalue weighted by atomic mass is 9.75. The van der Waals surface area contributed by atoms with E-state index in [-0.39, 0.29) is 17.9 Å². The van der Waals surface area contributed by atoms with Gasteiger partial charge in [0.15, 0.2) is 5.84 Å². The van der Waals surface area contributed by atoms with Gasteiger partial charge >= 0.3 is 6.03 Å². The Kier molecular flexibility index (Phi) is 5.31. The fraction of sp³-hybridized carbons (Fsp3) is 0.867. The number of carbonyl (C=O) groups is 1. The van der Waals surface area contributed by atoms with Gasteiger partial charge in [0, 0.05) is 6.04 Å². The van der Waals surface area contributed by atoms with Crippen LogP contribution in [0, 0.1) is 5.92 Å². The van der Waals surface area contributed by atoms with Gasteiger partial charge in [-0.15, -0.1) is 0 Å². The Bertz CT molecular complexity index is 383. The molecule has 2 aliphatic carbocycles. The number of hydrogen-bond donors (Lipinski definition) is 4. The number of oxime groups is 1. The van der Waals surface area contributed by atoms with E-state index in [9.17, 15) is 4.79 Å². The van der Waals surface area contributed by atoms with Gasteiger partial charge in [0.2, 0.25) is 0 Å². The predicted octanol–water partition coefficient (Wildman–Crippen LogP) is 2.31. The number of amides is 2. The minimum Gasteiger partial charge on any atom is -0.409 e. The molecular formula is C15H28N4O2. The lowest BCUT2D eigenvalue weighted by Gasteiger charge is -2.39. The van der Waals surface area contributed by atoms with E-state index in [1.54, 1.807) is 0 Å². The molecule has 2 rings (SSSR count). The normalized spacial score (nSPS) is 31.1. The summed E-state index contributed by atoms with van der Waals surface area (Å²) in [4.78, 5) is 12.2. The van der Waals surface area contributed by atoms with E-state index in [2.05, 4.69) is 22.7 Å². The second kappa shape index (κ2) is 7.00. The number of rotatable bonds is 4. The lowest BCUT2D eigenvalue weighted by Crippen LogP contribution is -2.61. The number of carbonyl (C=O) groups excluding carboxylic acids is 1. The molecule has 2 amide bonds. The van der Waals surface area contributed by atoms with E-state index in [1.807, 2.05) is 0 Å². The van der Waals surface area contributed by atoms with Crippen LogP contribution >= 0.6 is 0 Å². The first-order chi connectivity index (χ1) is 10.1. The maximum atomic E-state index is 12.2. The van der Waals surface area contributed by atoms with Crippen LogP contribution in [0.1, 0.15) is 64.7 Å². The number of urea groups is 1. The highest BCUT2D eigenvalue weighted by atomic mass is 16.4. The largest absolute Gasteiger partial charge is 0.409 e. The highest BCUT2D eigenvalue weighted by Crippen LogP contribution is 2.34. The van der Waals surface area contributed by atoms with E-state index >= 15 is 0 Å². The number of nitrogens with zero attached hydrogens (tertiary/aromatic N) is 1. The van der Waals surface area contributed by atoms with Crippen LogP contribution < -0.4 is 16.4 Å². The van der Waals surface area contributed by atoms with Gasteiger partial charge in [-0.1, -0.05) is 31.3 Å². The van der Waals surface area contributed by atoms with Crippen molar-refractivity contribution in [3.05, 3.63) is 0 Å². The molecule has 0 unspecified atom stereocenters. The molecule has 0 heterocycles. The van der Waals surface area contributed by atoms with Crippen LogP contribution in [0.15, 0.2) is 5.16 Å². The Hall–Kier alpha value is -1.46. The van der Waals surface area contributed by atoms with E-state index in [4.69, 9.17) is 10.9 Å². The summed E-state index contributed by atoms with van der Waals surface area (Å²) in [7, 11) is 0. The van der Waals surface area contributed by atoms with Gasteiger partial charge in [0.1, 0.15) is 5.54 Å². The summed E-state index contributed by atoms with van der Waals surface area (Å²) in [6.45, 7) is 2.18. The third-order valence-corrected chi connectivity index (χ3v) is 5.18. The fourth-order valence-electron chi connectivity index (χ4n) is 3.63. The molecule has 6 heteroatoms. The third kappa shape index (κ3) is 3.80. The first kappa shape index (κ1) is 15.9. The molecule has 6 nitrogen and oxygen atoms in total. The fourth-order valence-corrected chi connectivity index (χ4v) is 3.63. The highest BCUT2D eigenvalue weighted by molar-refractivity contribution is 5.93. The van der Waals surface area contributed by atoms with Gasteiger partial charge in [0.05, 0.1) is 0 Å². The SMILES string of the molecule is CCC1CCC(NC(=O)NC2CCCC2)(C(N)=NO)CC1. The van der Waals surface area contributed by atoms with E-state index in [0.29, 0.717) is 5.92 Å². The minimum atomic E-state index is -0.691. The van der Waals surface area contributed by atoms with Gasteiger partial charge in [-0.3, -0.25) is 0 Å². The molecule has 0 aliphatic heterocycles. The molecule has 5 N–H and O–H groups in total. The van der Waals surface area contributed by atoms with Crippen LogP contribution in [-0.4, -0.2) is 28.7 Å². The van der Waals surface area contributed by atoms with E-state index in [0.717, 1.165) is 44.9 Å². The Morgan fingerprint density at radius 1 is 1.29 bits per heavy atom. The molecule has 0 aromatic rings. The number of hydrogen-bond acceptors (Lipinski definition) is 3. The van der Waals surface area contributed by atoms with Crippen LogP contribution in [0.2, 0.25) is 0 Å². The van der Waals surface area contributed by atoms with Gasteiger partial charge in [-0.05, 0) is 44.4 Å². The zero-order chi connectivity index (χ0) is 15.3. The van der Waals surface area contributed by atoms with Crippen molar-refractivity contribution in [2.75, 3.05) is 0 Å². The zero-order valence-corrected chi connectivity index (χ0v) is 12.9. The summed E-state index contributed by atoms with van der Waals surface area (Å²) in [5.41, 5.74) is 5.19. The lowest BCUT2D eigenvalue weighted by molar-refractivity contribution is 0.205. The van der Waals surface area contributed by atoms with Gasteiger partial charge in [-0.2, -0.15) is 0 Å².